The quantitative estimate of drug-likeness (QED) is 0.395. The van der Waals surface area contributed by atoms with Gasteiger partial charge in [0.15, 0.2) is 5.78 Å². The minimum atomic E-state index is -0.110. The lowest BCUT2D eigenvalue weighted by molar-refractivity contribution is -0.115. The molecule has 1 amide bonds. The maximum Gasteiger partial charge on any atom is 0.229 e. The van der Waals surface area contributed by atoms with Crippen LogP contribution in [0.2, 0.25) is 0 Å². The molecule has 0 radical (unpaired) electrons. The number of Topliss-reactive ketones (excluding diaryl/α,β-unsaturated/α-hetero) is 1. The molecule has 0 saturated carbocycles. The summed E-state index contributed by atoms with van der Waals surface area (Å²) < 4.78 is 0. The average molecular weight is 419 g/mol. The molecule has 6 heteroatoms. The lowest BCUT2D eigenvalue weighted by atomic mass is 10.1. The highest BCUT2D eigenvalue weighted by molar-refractivity contribution is 7.17. The Labute approximate surface area is 176 Å². The lowest BCUT2D eigenvalue weighted by Gasteiger charge is -2.05. The van der Waals surface area contributed by atoms with E-state index in [9.17, 15) is 9.59 Å². The molecule has 0 aliphatic rings. The van der Waals surface area contributed by atoms with Gasteiger partial charge in [-0.05, 0) is 42.6 Å². The van der Waals surface area contributed by atoms with Crippen molar-refractivity contribution in [2.24, 2.45) is 0 Å². The Balaban J connectivity index is 1.57. The van der Waals surface area contributed by atoms with Crippen LogP contribution in [-0.2, 0) is 11.2 Å². The first-order chi connectivity index (χ1) is 14.1. The summed E-state index contributed by atoms with van der Waals surface area (Å²) in [6.45, 7) is 1.52. The molecule has 29 heavy (non-hydrogen) atoms. The maximum absolute atomic E-state index is 12.7. The summed E-state index contributed by atoms with van der Waals surface area (Å²) in [6, 6.07) is 20.9. The Morgan fingerprint density at radius 1 is 0.966 bits per heavy atom. The van der Waals surface area contributed by atoms with E-state index in [1.165, 1.54) is 6.92 Å². The van der Waals surface area contributed by atoms with E-state index in [0.29, 0.717) is 11.3 Å². The molecule has 2 aromatic carbocycles. The van der Waals surface area contributed by atoms with Crippen molar-refractivity contribution in [1.29, 1.82) is 0 Å². The number of carbonyl (C=O) groups excluding carboxylic acids is 2. The highest BCUT2D eigenvalue weighted by atomic mass is 32.1. The van der Waals surface area contributed by atoms with Crippen molar-refractivity contribution in [3.8, 4) is 21.1 Å². The zero-order valence-electron chi connectivity index (χ0n) is 15.7. The minimum Gasteiger partial charge on any atom is -0.326 e. The Bertz CT molecular complexity index is 1130. The van der Waals surface area contributed by atoms with Gasteiger partial charge in [-0.25, -0.2) is 4.98 Å². The fraction of sp³-hybridized carbons (Fsp3) is 0.0870. The van der Waals surface area contributed by atoms with Crippen molar-refractivity contribution in [2.75, 3.05) is 5.32 Å². The second kappa shape index (κ2) is 8.51. The van der Waals surface area contributed by atoms with E-state index < -0.39 is 0 Å². The molecule has 144 valence electrons. The average Bonchev–Trinajstić information content (AvgIpc) is 3.39. The summed E-state index contributed by atoms with van der Waals surface area (Å²) in [7, 11) is 0. The molecule has 0 aliphatic heterocycles. The minimum absolute atomic E-state index is 0.00145. The van der Waals surface area contributed by atoms with Crippen LogP contribution < -0.4 is 5.32 Å². The third-order valence-corrected chi connectivity index (χ3v) is 6.35. The van der Waals surface area contributed by atoms with Crippen LogP contribution in [0.25, 0.3) is 21.1 Å². The van der Waals surface area contributed by atoms with Crippen molar-refractivity contribution >= 4 is 40.1 Å². The zero-order chi connectivity index (χ0) is 20.2. The van der Waals surface area contributed by atoms with Crippen molar-refractivity contribution < 1.29 is 9.59 Å². The molecule has 0 saturated heterocycles. The van der Waals surface area contributed by atoms with E-state index in [2.05, 4.69) is 5.32 Å². The number of thiophene rings is 1. The van der Waals surface area contributed by atoms with E-state index >= 15 is 0 Å². The Morgan fingerprint density at radius 2 is 1.72 bits per heavy atom. The third kappa shape index (κ3) is 4.50. The topological polar surface area (TPSA) is 59.1 Å². The Hall–Kier alpha value is -3.09. The molecule has 4 nitrogen and oxygen atoms in total. The molecule has 0 bridgehead atoms. The van der Waals surface area contributed by atoms with Gasteiger partial charge >= 0.3 is 0 Å². The number of benzene rings is 2. The van der Waals surface area contributed by atoms with Crippen LogP contribution in [0.15, 0.2) is 72.1 Å². The van der Waals surface area contributed by atoms with Crippen LogP contribution in [0.3, 0.4) is 0 Å². The Kier molecular flexibility index (Phi) is 5.64. The number of anilines is 1. The van der Waals surface area contributed by atoms with Crippen LogP contribution in [0.5, 0.6) is 0 Å². The highest BCUT2D eigenvalue weighted by Gasteiger charge is 2.18. The number of hydrogen-bond donors (Lipinski definition) is 1. The number of thiazole rings is 1. The molecular weight excluding hydrogens is 400 g/mol. The number of amides is 1. The summed E-state index contributed by atoms with van der Waals surface area (Å²) in [5, 5.41) is 5.83. The fourth-order valence-corrected chi connectivity index (χ4v) is 4.81. The van der Waals surface area contributed by atoms with E-state index in [4.69, 9.17) is 4.98 Å². The second-order valence-corrected chi connectivity index (χ2v) is 8.52. The number of carbonyl (C=O) groups is 2. The van der Waals surface area contributed by atoms with Gasteiger partial charge in [0.1, 0.15) is 5.01 Å². The summed E-state index contributed by atoms with van der Waals surface area (Å²) in [5.41, 5.74) is 3.20. The maximum atomic E-state index is 12.7. The first-order valence-corrected chi connectivity index (χ1v) is 10.8. The molecule has 0 unspecified atom stereocenters. The summed E-state index contributed by atoms with van der Waals surface area (Å²) in [5.74, 6) is -0.108. The second-order valence-electron chi connectivity index (χ2n) is 6.49. The zero-order valence-corrected chi connectivity index (χ0v) is 17.3. The van der Waals surface area contributed by atoms with Crippen LogP contribution in [0.4, 0.5) is 5.69 Å². The summed E-state index contributed by atoms with van der Waals surface area (Å²) in [6.07, 6.45) is 0.242. The molecule has 2 heterocycles. The van der Waals surface area contributed by atoms with Crippen LogP contribution in [-0.4, -0.2) is 16.7 Å². The van der Waals surface area contributed by atoms with Gasteiger partial charge in [-0.2, -0.15) is 0 Å². The predicted molar refractivity (Wildman–Crippen MR) is 120 cm³/mol. The predicted octanol–water partition coefficient (Wildman–Crippen LogP) is 5.92. The molecule has 0 fully saturated rings. The van der Waals surface area contributed by atoms with Crippen LogP contribution >= 0.6 is 22.7 Å². The highest BCUT2D eigenvalue weighted by Crippen LogP contribution is 2.36. The normalized spacial score (nSPS) is 10.7. The van der Waals surface area contributed by atoms with Gasteiger partial charge in [-0.3, -0.25) is 9.59 Å². The third-order valence-electron chi connectivity index (χ3n) is 4.37. The van der Waals surface area contributed by atoms with Crippen molar-refractivity contribution in [3.05, 3.63) is 82.6 Å². The molecule has 0 spiro atoms. The van der Waals surface area contributed by atoms with Crippen LogP contribution in [0, 0.1) is 0 Å². The smallest absolute Gasteiger partial charge is 0.229 e. The standard InChI is InChI=1S/C23H18N2O2S2/c1-15(26)16-9-11-18(12-10-16)24-21(27)14-20-22(19-8-5-13-28-19)25-23(29-20)17-6-3-2-4-7-17/h2-13H,14H2,1H3,(H,24,27). The number of nitrogens with one attached hydrogen (secondary N) is 1. The van der Waals surface area contributed by atoms with Gasteiger partial charge < -0.3 is 5.32 Å². The van der Waals surface area contributed by atoms with Crippen molar-refractivity contribution in [3.63, 3.8) is 0 Å². The molecule has 0 aliphatic carbocycles. The Morgan fingerprint density at radius 3 is 2.38 bits per heavy atom. The van der Waals surface area contributed by atoms with Crippen LogP contribution in [0.1, 0.15) is 22.2 Å². The largest absolute Gasteiger partial charge is 0.326 e. The number of ketones is 1. The number of aromatic nitrogens is 1. The van der Waals surface area contributed by atoms with E-state index in [0.717, 1.165) is 26.0 Å². The number of hydrogen-bond acceptors (Lipinski definition) is 5. The summed E-state index contributed by atoms with van der Waals surface area (Å²) in [4.78, 5) is 30.9. The van der Waals surface area contributed by atoms with Gasteiger partial charge in [-0.1, -0.05) is 36.4 Å². The van der Waals surface area contributed by atoms with E-state index in [1.807, 2.05) is 47.8 Å². The first-order valence-electron chi connectivity index (χ1n) is 9.10. The molecule has 0 atom stereocenters. The van der Waals surface area contributed by atoms with Gasteiger partial charge in [-0.15, -0.1) is 22.7 Å². The van der Waals surface area contributed by atoms with E-state index in [1.54, 1.807) is 46.9 Å². The fourth-order valence-electron chi connectivity index (χ4n) is 2.92. The van der Waals surface area contributed by atoms with Crippen molar-refractivity contribution in [1.82, 2.24) is 4.98 Å². The van der Waals surface area contributed by atoms with E-state index in [-0.39, 0.29) is 18.1 Å². The first kappa shape index (κ1) is 19.2. The lowest BCUT2D eigenvalue weighted by Crippen LogP contribution is -2.14. The van der Waals surface area contributed by atoms with Gasteiger partial charge in [0.2, 0.25) is 5.91 Å². The molecule has 4 aromatic rings. The molecule has 2 aromatic heterocycles. The van der Waals surface area contributed by atoms with Crippen molar-refractivity contribution in [2.45, 2.75) is 13.3 Å². The SMILES string of the molecule is CC(=O)c1ccc(NC(=O)Cc2sc(-c3ccccc3)nc2-c2cccs2)cc1. The van der Waals surface area contributed by atoms with Gasteiger partial charge in [0, 0.05) is 21.7 Å². The van der Waals surface area contributed by atoms with Gasteiger partial charge in [0.05, 0.1) is 17.0 Å². The van der Waals surface area contributed by atoms with Gasteiger partial charge in [0.25, 0.3) is 0 Å². The molecule has 1 N–H and O–H groups in total. The monoisotopic (exact) mass is 418 g/mol. The summed E-state index contributed by atoms with van der Waals surface area (Å²) >= 11 is 3.16. The molecular formula is C23H18N2O2S2. The number of rotatable bonds is 6. The molecule has 4 rings (SSSR count). The number of nitrogens with zero attached hydrogens (tertiary/aromatic N) is 1.